The van der Waals surface area contributed by atoms with Gasteiger partial charge in [0.2, 0.25) is 0 Å². The quantitative estimate of drug-likeness (QED) is 0.719. The van der Waals surface area contributed by atoms with Gasteiger partial charge in [0.1, 0.15) is 0 Å². The summed E-state index contributed by atoms with van der Waals surface area (Å²) in [6, 6.07) is 0. The van der Waals surface area contributed by atoms with Crippen molar-refractivity contribution in [3.8, 4) is 0 Å². The molecule has 0 aromatic carbocycles. The van der Waals surface area contributed by atoms with Gasteiger partial charge in [-0.15, -0.1) is 0 Å². The molecule has 1 heterocycles. The molecule has 2 rings (SSSR count). The number of ether oxygens (including phenoxy) is 1. The van der Waals surface area contributed by atoms with Gasteiger partial charge in [-0.1, -0.05) is 19.8 Å². The highest BCUT2D eigenvalue weighted by atomic mass is 16.5. The van der Waals surface area contributed by atoms with Gasteiger partial charge in [-0.25, -0.2) is 0 Å². The molecule has 1 aliphatic carbocycles. The number of nitrogens with one attached hydrogen (secondary N) is 1. The first kappa shape index (κ1) is 12.4. The van der Waals surface area contributed by atoms with Crippen LogP contribution in [0.25, 0.3) is 0 Å². The molecular formula is C14H27NO. The highest BCUT2D eigenvalue weighted by Gasteiger charge is 2.35. The highest BCUT2D eigenvalue weighted by molar-refractivity contribution is 4.89. The van der Waals surface area contributed by atoms with Crippen LogP contribution in [0.1, 0.15) is 58.3 Å². The first-order valence-electron chi connectivity index (χ1n) is 7.17. The van der Waals surface area contributed by atoms with E-state index in [1.54, 1.807) is 0 Å². The lowest BCUT2D eigenvalue weighted by Crippen LogP contribution is -2.40. The lowest BCUT2D eigenvalue weighted by Gasteiger charge is -2.42. The van der Waals surface area contributed by atoms with Crippen LogP contribution in [0.2, 0.25) is 0 Å². The zero-order chi connectivity index (χ0) is 11.3. The third-order valence-electron chi connectivity index (χ3n) is 4.42. The summed E-state index contributed by atoms with van der Waals surface area (Å²) in [6.07, 6.45) is 11.6. The van der Waals surface area contributed by atoms with Crippen LogP contribution in [0.4, 0.5) is 0 Å². The minimum absolute atomic E-state index is 0.594. The van der Waals surface area contributed by atoms with E-state index in [0.717, 1.165) is 13.2 Å². The van der Waals surface area contributed by atoms with Crippen LogP contribution in [0.5, 0.6) is 0 Å². The van der Waals surface area contributed by atoms with Crippen LogP contribution in [0, 0.1) is 5.41 Å². The van der Waals surface area contributed by atoms with Gasteiger partial charge in [-0.05, 0) is 50.5 Å². The topological polar surface area (TPSA) is 21.3 Å². The van der Waals surface area contributed by atoms with E-state index in [0.29, 0.717) is 11.5 Å². The minimum Gasteiger partial charge on any atom is -0.378 e. The SMILES string of the molecule is CCNCC1(CCCC2CCCO2)CCC1. The van der Waals surface area contributed by atoms with Crippen molar-refractivity contribution in [2.45, 2.75) is 64.4 Å². The maximum atomic E-state index is 5.68. The molecule has 2 nitrogen and oxygen atoms in total. The summed E-state index contributed by atoms with van der Waals surface area (Å²) in [5, 5.41) is 3.54. The zero-order valence-electron chi connectivity index (χ0n) is 10.8. The van der Waals surface area contributed by atoms with E-state index in [1.807, 2.05) is 0 Å². The maximum absolute atomic E-state index is 5.68. The average molecular weight is 225 g/mol. The number of hydrogen-bond acceptors (Lipinski definition) is 2. The Balaban J connectivity index is 1.62. The van der Waals surface area contributed by atoms with Gasteiger partial charge in [0.25, 0.3) is 0 Å². The molecule has 2 aliphatic rings. The molecule has 0 aromatic heterocycles. The normalized spacial score (nSPS) is 27.9. The molecule has 2 fully saturated rings. The number of rotatable bonds is 7. The lowest BCUT2D eigenvalue weighted by atomic mass is 9.65. The molecule has 0 amide bonds. The first-order valence-corrected chi connectivity index (χ1v) is 7.17. The average Bonchev–Trinajstić information content (AvgIpc) is 2.73. The molecule has 1 aliphatic heterocycles. The van der Waals surface area contributed by atoms with Crippen LogP contribution >= 0.6 is 0 Å². The fraction of sp³-hybridized carbons (Fsp3) is 1.00. The van der Waals surface area contributed by atoms with Gasteiger partial charge in [0.15, 0.2) is 0 Å². The third kappa shape index (κ3) is 3.21. The van der Waals surface area contributed by atoms with Crippen LogP contribution in [-0.2, 0) is 4.74 Å². The van der Waals surface area contributed by atoms with Crippen molar-refractivity contribution in [2.75, 3.05) is 19.7 Å². The van der Waals surface area contributed by atoms with E-state index in [1.165, 1.54) is 57.9 Å². The Kier molecular flexibility index (Phi) is 4.66. The van der Waals surface area contributed by atoms with Crippen LogP contribution < -0.4 is 5.32 Å². The van der Waals surface area contributed by atoms with Gasteiger partial charge in [-0.3, -0.25) is 0 Å². The summed E-state index contributed by atoms with van der Waals surface area (Å²) in [4.78, 5) is 0. The van der Waals surface area contributed by atoms with E-state index in [4.69, 9.17) is 4.74 Å². The van der Waals surface area contributed by atoms with E-state index in [9.17, 15) is 0 Å². The van der Waals surface area contributed by atoms with Crippen molar-refractivity contribution in [3.63, 3.8) is 0 Å². The molecule has 1 saturated heterocycles. The molecule has 1 saturated carbocycles. The zero-order valence-corrected chi connectivity index (χ0v) is 10.8. The van der Waals surface area contributed by atoms with Crippen LogP contribution in [0.3, 0.4) is 0 Å². The van der Waals surface area contributed by atoms with Gasteiger partial charge in [0.05, 0.1) is 6.10 Å². The van der Waals surface area contributed by atoms with Crippen molar-refractivity contribution >= 4 is 0 Å². The molecule has 0 aromatic rings. The van der Waals surface area contributed by atoms with Gasteiger partial charge in [0, 0.05) is 13.2 Å². The first-order chi connectivity index (χ1) is 7.85. The largest absolute Gasteiger partial charge is 0.378 e. The van der Waals surface area contributed by atoms with Crippen molar-refractivity contribution in [1.82, 2.24) is 5.32 Å². The Labute approximate surface area is 100 Å². The standard InChI is InChI=1S/C14H27NO/c1-2-15-12-14(9-5-10-14)8-3-6-13-7-4-11-16-13/h13,15H,2-12H2,1H3. The Morgan fingerprint density at radius 3 is 2.75 bits per heavy atom. The van der Waals surface area contributed by atoms with E-state index < -0.39 is 0 Å². The van der Waals surface area contributed by atoms with Crippen LogP contribution in [0.15, 0.2) is 0 Å². The molecule has 0 bridgehead atoms. The molecule has 94 valence electrons. The molecular weight excluding hydrogens is 198 g/mol. The summed E-state index contributed by atoms with van der Waals surface area (Å²) in [6.45, 7) is 5.58. The molecule has 1 unspecified atom stereocenters. The van der Waals surface area contributed by atoms with Crippen molar-refractivity contribution in [3.05, 3.63) is 0 Å². The number of hydrogen-bond donors (Lipinski definition) is 1. The van der Waals surface area contributed by atoms with Gasteiger partial charge >= 0.3 is 0 Å². The lowest BCUT2D eigenvalue weighted by molar-refractivity contribution is 0.0806. The molecule has 1 atom stereocenters. The second-order valence-corrected chi connectivity index (χ2v) is 5.66. The van der Waals surface area contributed by atoms with Gasteiger partial charge in [-0.2, -0.15) is 0 Å². The predicted molar refractivity (Wildman–Crippen MR) is 67.7 cm³/mol. The Hall–Kier alpha value is -0.0800. The minimum atomic E-state index is 0.594. The second kappa shape index (κ2) is 6.02. The van der Waals surface area contributed by atoms with Crippen molar-refractivity contribution in [2.24, 2.45) is 5.41 Å². The van der Waals surface area contributed by atoms with Gasteiger partial charge < -0.3 is 10.1 Å². The summed E-state index contributed by atoms with van der Waals surface area (Å²) >= 11 is 0. The Bertz CT molecular complexity index is 195. The highest BCUT2D eigenvalue weighted by Crippen LogP contribution is 2.44. The molecule has 0 radical (unpaired) electrons. The fourth-order valence-corrected chi connectivity index (χ4v) is 3.16. The Morgan fingerprint density at radius 2 is 2.19 bits per heavy atom. The van der Waals surface area contributed by atoms with Crippen molar-refractivity contribution < 1.29 is 4.74 Å². The van der Waals surface area contributed by atoms with E-state index in [-0.39, 0.29) is 0 Å². The molecule has 1 N–H and O–H groups in total. The van der Waals surface area contributed by atoms with E-state index >= 15 is 0 Å². The molecule has 2 heteroatoms. The summed E-state index contributed by atoms with van der Waals surface area (Å²) in [5.74, 6) is 0. The second-order valence-electron chi connectivity index (χ2n) is 5.66. The monoisotopic (exact) mass is 225 g/mol. The maximum Gasteiger partial charge on any atom is 0.0576 e. The fourth-order valence-electron chi connectivity index (χ4n) is 3.16. The third-order valence-corrected chi connectivity index (χ3v) is 4.42. The van der Waals surface area contributed by atoms with Crippen molar-refractivity contribution in [1.29, 1.82) is 0 Å². The summed E-state index contributed by atoms with van der Waals surface area (Å²) in [7, 11) is 0. The van der Waals surface area contributed by atoms with Crippen LogP contribution in [-0.4, -0.2) is 25.8 Å². The smallest absolute Gasteiger partial charge is 0.0576 e. The molecule has 16 heavy (non-hydrogen) atoms. The summed E-state index contributed by atoms with van der Waals surface area (Å²) < 4.78 is 5.68. The Morgan fingerprint density at radius 1 is 1.31 bits per heavy atom. The molecule has 0 spiro atoms. The van der Waals surface area contributed by atoms with E-state index in [2.05, 4.69) is 12.2 Å². The predicted octanol–water partition coefficient (Wildman–Crippen LogP) is 3.12. The summed E-state index contributed by atoms with van der Waals surface area (Å²) in [5.41, 5.74) is 0.661.